The molecule has 1 aliphatic rings. The molecule has 0 saturated carbocycles. The number of halogens is 1. The Morgan fingerprint density at radius 1 is 1.35 bits per heavy atom. The van der Waals surface area contributed by atoms with Gasteiger partial charge in [-0.1, -0.05) is 33.7 Å². The summed E-state index contributed by atoms with van der Waals surface area (Å²) in [5.41, 5.74) is 1.02. The summed E-state index contributed by atoms with van der Waals surface area (Å²) in [6.45, 7) is 6.72. The Morgan fingerprint density at radius 3 is 2.65 bits per heavy atom. The monoisotopic (exact) mass is 331 g/mol. The zero-order chi connectivity index (χ0) is 13.5. The van der Waals surface area contributed by atoms with Gasteiger partial charge in [0, 0.05) is 26.3 Å². The van der Waals surface area contributed by atoms with E-state index in [0.29, 0.717) is 13.2 Å². The molecule has 0 spiro atoms. The second-order valence-electron chi connectivity index (χ2n) is 4.72. The molecule has 6 heteroatoms. The Hall–Kier alpha value is 0.242. The van der Waals surface area contributed by atoms with Gasteiger partial charge in [0.25, 0.3) is 0 Å². The van der Waals surface area contributed by atoms with E-state index in [2.05, 4.69) is 33.8 Å². The van der Waals surface area contributed by atoms with Crippen molar-refractivity contribution in [3.8, 4) is 0 Å². The minimum absolute atomic E-state index is 0. The van der Waals surface area contributed by atoms with Crippen molar-refractivity contribution in [1.29, 1.82) is 0 Å². The number of unbranched alkanes of at least 4 members (excludes halogenated alkanes) is 1. The first-order chi connectivity index (χ1) is 9.31. The van der Waals surface area contributed by atoms with Crippen molar-refractivity contribution in [1.82, 2.24) is 4.90 Å². The van der Waals surface area contributed by atoms with E-state index < -0.39 is 0 Å². The largest absolute Gasteiger partial charge is 1.00 e. The number of benzene rings is 1. The van der Waals surface area contributed by atoms with Crippen LogP contribution in [0.1, 0.15) is 19.8 Å². The van der Waals surface area contributed by atoms with E-state index in [0.717, 1.165) is 29.6 Å². The zero-order valence-electron chi connectivity index (χ0n) is 12.4. The van der Waals surface area contributed by atoms with E-state index in [9.17, 15) is 0 Å². The molecular weight excluding hydrogens is 312 g/mol. The molecule has 1 heterocycles. The van der Waals surface area contributed by atoms with Gasteiger partial charge in [-0.3, -0.25) is 4.90 Å². The summed E-state index contributed by atoms with van der Waals surface area (Å²) >= 11 is 3.53. The van der Waals surface area contributed by atoms with E-state index >= 15 is 0 Å². The minimum atomic E-state index is -0.278. The Labute approximate surface area is 142 Å². The summed E-state index contributed by atoms with van der Waals surface area (Å²) in [5.74, 6) is 0. The molecule has 1 aliphatic heterocycles. The average molecular weight is 332 g/mol. The van der Waals surface area contributed by atoms with Crippen LogP contribution in [0.2, 0.25) is 0 Å². The summed E-state index contributed by atoms with van der Waals surface area (Å²) < 4.78 is 12.7. The maximum absolute atomic E-state index is 5.85. The molecule has 0 radical (unpaired) electrons. The maximum atomic E-state index is 5.85. The standard InChI is InChI=1S/C14H20BBrNO2.Li/c1-2-3-8-17-9-11-18-15(19-12-10-17)13-6-4-5-7-14(13)16;/h5-7H,2-3,8-12H2,1H3;/q-1;+1. The summed E-state index contributed by atoms with van der Waals surface area (Å²) in [4.78, 5) is 2.41. The second-order valence-corrected chi connectivity index (χ2v) is 5.57. The van der Waals surface area contributed by atoms with Gasteiger partial charge in [0.05, 0.1) is 0 Å². The van der Waals surface area contributed by atoms with Gasteiger partial charge in [-0.15, -0.1) is 5.46 Å². The summed E-state index contributed by atoms with van der Waals surface area (Å²) in [5, 5.41) is 0. The Balaban J connectivity index is 0.00000200. The van der Waals surface area contributed by atoms with Crippen LogP contribution in [-0.4, -0.2) is 44.9 Å². The van der Waals surface area contributed by atoms with Crippen LogP contribution in [0.25, 0.3) is 0 Å². The molecule has 0 aromatic heterocycles. The summed E-state index contributed by atoms with van der Waals surface area (Å²) in [6.07, 6.45) is 2.47. The second kappa shape index (κ2) is 10.0. The molecule has 0 atom stereocenters. The first-order valence-electron chi connectivity index (χ1n) is 6.92. The Morgan fingerprint density at radius 2 is 2.05 bits per heavy atom. The van der Waals surface area contributed by atoms with Gasteiger partial charge in [-0.05, 0) is 13.0 Å². The quantitative estimate of drug-likeness (QED) is 0.527. The van der Waals surface area contributed by atoms with E-state index in [-0.39, 0.29) is 26.0 Å². The molecule has 1 saturated heterocycles. The molecule has 0 aliphatic carbocycles. The van der Waals surface area contributed by atoms with Crippen molar-refractivity contribution in [2.45, 2.75) is 19.8 Å². The van der Waals surface area contributed by atoms with Gasteiger partial charge >= 0.3 is 26.0 Å². The van der Waals surface area contributed by atoms with Crippen LogP contribution in [0.4, 0.5) is 0 Å². The average Bonchev–Trinajstić information content (AvgIpc) is 2.39. The molecule has 20 heavy (non-hydrogen) atoms. The molecule has 1 aromatic carbocycles. The molecule has 0 amide bonds. The fourth-order valence-corrected chi connectivity index (χ4v) is 2.56. The number of nitrogens with zero attached hydrogens (tertiary/aromatic N) is 1. The fourth-order valence-electron chi connectivity index (χ4n) is 2.13. The van der Waals surface area contributed by atoms with Crippen LogP contribution in [0.15, 0.2) is 22.7 Å². The van der Waals surface area contributed by atoms with Gasteiger partial charge in [-0.2, -0.15) is 24.3 Å². The SMILES string of the molecule is CCCCN1CCOB(c2c[c-]ccc2Br)OCC1.[Li+]. The van der Waals surface area contributed by atoms with Crippen molar-refractivity contribution in [3.63, 3.8) is 0 Å². The van der Waals surface area contributed by atoms with Crippen molar-refractivity contribution in [3.05, 3.63) is 28.7 Å². The van der Waals surface area contributed by atoms with Crippen LogP contribution in [0.5, 0.6) is 0 Å². The number of hydrogen-bond acceptors (Lipinski definition) is 3. The van der Waals surface area contributed by atoms with Crippen LogP contribution < -0.4 is 24.3 Å². The predicted molar refractivity (Wildman–Crippen MR) is 81.6 cm³/mol. The van der Waals surface area contributed by atoms with Gasteiger partial charge in [-0.25, -0.2) is 0 Å². The molecule has 1 aromatic rings. The van der Waals surface area contributed by atoms with E-state index in [1.54, 1.807) is 0 Å². The third-order valence-corrected chi connectivity index (χ3v) is 4.00. The van der Waals surface area contributed by atoms with Crippen molar-refractivity contribution >= 4 is 28.5 Å². The smallest absolute Gasteiger partial charge is 0.416 e. The molecule has 0 N–H and O–H groups in total. The van der Waals surface area contributed by atoms with Crippen LogP contribution >= 0.6 is 15.9 Å². The van der Waals surface area contributed by atoms with E-state index in [4.69, 9.17) is 9.31 Å². The zero-order valence-corrected chi connectivity index (χ0v) is 14.0. The van der Waals surface area contributed by atoms with E-state index in [1.165, 1.54) is 12.8 Å². The molecule has 2 rings (SSSR count). The number of rotatable bonds is 4. The molecule has 1 fully saturated rings. The third kappa shape index (κ3) is 5.56. The summed E-state index contributed by atoms with van der Waals surface area (Å²) in [6, 6.07) is 8.84. The first kappa shape index (κ1) is 18.3. The van der Waals surface area contributed by atoms with E-state index in [1.807, 2.05) is 18.2 Å². The van der Waals surface area contributed by atoms with Crippen molar-refractivity contribution < 1.29 is 28.2 Å². The molecule has 0 bridgehead atoms. The summed E-state index contributed by atoms with van der Waals surface area (Å²) in [7, 11) is -0.278. The third-order valence-electron chi connectivity index (χ3n) is 3.28. The number of hydrogen-bond donors (Lipinski definition) is 0. The first-order valence-corrected chi connectivity index (χ1v) is 7.71. The van der Waals surface area contributed by atoms with Crippen LogP contribution in [0, 0.1) is 6.07 Å². The molecule has 0 unspecified atom stereocenters. The molecular formula is C14H20BBrLiNO2. The van der Waals surface area contributed by atoms with Crippen molar-refractivity contribution in [2.24, 2.45) is 0 Å². The maximum Gasteiger partial charge on any atom is 1.00 e. The predicted octanol–water partition coefficient (Wildman–Crippen LogP) is -0.903. The fraction of sp³-hybridized carbons (Fsp3) is 0.571. The Bertz CT molecular complexity index is 387. The van der Waals surface area contributed by atoms with Crippen LogP contribution in [-0.2, 0) is 9.31 Å². The topological polar surface area (TPSA) is 21.7 Å². The van der Waals surface area contributed by atoms with Gasteiger partial charge in [0.1, 0.15) is 0 Å². The van der Waals surface area contributed by atoms with Gasteiger partial charge < -0.3 is 9.31 Å². The molecule has 3 nitrogen and oxygen atoms in total. The van der Waals surface area contributed by atoms with Crippen molar-refractivity contribution in [2.75, 3.05) is 32.8 Å². The molecule has 104 valence electrons. The van der Waals surface area contributed by atoms with Crippen LogP contribution in [0.3, 0.4) is 0 Å². The van der Waals surface area contributed by atoms with Gasteiger partial charge in [0.15, 0.2) is 0 Å². The minimum Gasteiger partial charge on any atom is -0.416 e. The normalized spacial score (nSPS) is 17.2. The Kier molecular flexibility index (Phi) is 9.19. The van der Waals surface area contributed by atoms with Gasteiger partial charge in [0.2, 0.25) is 0 Å².